The number of nitrogens with zero attached hydrogens (tertiary/aromatic N) is 1. The van der Waals surface area contributed by atoms with Gasteiger partial charge in [-0.3, -0.25) is 4.79 Å². The van der Waals surface area contributed by atoms with E-state index < -0.39 is 5.97 Å². The van der Waals surface area contributed by atoms with Gasteiger partial charge >= 0.3 is 5.97 Å². The smallest absolute Gasteiger partial charge is 0.341 e. The summed E-state index contributed by atoms with van der Waals surface area (Å²) >= 11 is 1.27. The molecule has 0 aliphatic heterocycles. The molecule has 3 rings (SSSR count). The normalized spacial score (nSPS) is 10.5. The molecule has 0 radical (unpaired) electrons. The lowest BCUT2D eigenvalue weighted by Crippen LogP contribution is -2.15. The van der Waals surface area contributed by atoms with Gasteiger partial charge in [0.25, 0.3) is 5.91 Å². The Hall–Kier alpha value is -2.93. The Morgan fingerprint density at radius 3 is 2.48 bits per heavy atom. The lowest BCUT2D eigenvalue weighted by molar-refractivity contribution is 0.0603. The van der Waals surface area contributed by atoms with E-state index in [1.807, 2.05) is 35.7 Å². The SMILES string of the molecule is COC(=O)c1c(-c2ccccc2)csc1NC(=O)c1c(C)noc1C. The maximum atomic E-state index is 12.6. The molecule has 0 unspecified atom stereocenters. The zero-order chi connectivity index (χ0) is 18.0. The van der Waals surface area contributed by atoms with Crippen molar-refractivity contribution < 1.29 is 18.8 Å². The van der Waals surface area contributed by atoms with Gasteiger partial charge in [0.1, 0.15) is 21.9 Å². The molecule has 3 aromatic rings. The number of esters is 1. The number of rotatable bonds is 4. The fraction of sp³-hybridized carbons (Fsp3) is 0.167. The highest BCUT2D eigenvalue weighted by Gasteiger charge is 2.24. The van der Waals surface area contributed by atoms with Crippen LogP contribution in [0.5, 0.6) is 0 Å². The van der Waals surface area contributed by atoms with Gasteiger partial charge < -0.3 is 14.6 Å². The molecule has 7 heteroatoms. The first-order chi connectivity index (χ1) is 12.0. The largest absolute Gasteiger partial charge is 0.465 e. The van der Waals surface area contributed by atoms with E-state index in [1.165, 1.54) is 18.4 Å². The van der Waals surface area contributed by atoms with Crippen LogP contribution in [0.15, 0.2) is 40.2 Å². The molecule has 1 N–H and O–H groups in total. The van der Waals surface area contributed by atoms with Crippen LogP contribution in [-0.2, 0) is 4.74 Å². The summed E-state index contributed by atoms with van der Waals surface area (Å²) in [5.41, 5.74) is 2.78. The van der Waals surface area contributed by atoms with Gasteiger partial charge in [-0.15, -0.1) is 11.3 Å². The van der Waals surface area contributed by atoms with E-state index in [1.54, 1.807) is 13.8 Å². The Bertz CT molecular complexity index is 908. The summed E-state index contributed by atoms with van der Waals surface area (Å²) in [6, 6.07) is 9.46. The van der Waals surface area contributed by atoms with Crippen molar-refractivity contribution in [3.8, 4) is 11.1 Å². The van der Waals surface area contributed by atoms with Crippen LogP contribution in [-0.4, -0.2) is 24.1 Å². The molecule has 0 fully saturated rings. The summed E-state index contributed by atoms with van der Waals surface area (Å²) in [5.74, 6) is -0.452. The van der Waals surface area contributed by atoms with E-state index in [4.69, 9.17) is 9.26 Å². The van der Waals surface area contributed by atoms with Crippen LogP contribution in [0.25, 0.3) is 11.1 Å². The van der Waals surface area contributed by atoms with Gasteiger partial charge in [0, 0.05) is 10.9 Å². The quantitative estimate of drug-likeness (QED) is 0.713. The number of ether oxygens (including phenoxy) is 1. The molecule has 25 heavy (non-hydrogen) atoms. The first-order valence-electron chi connectivity index (χ1n) is 7.52. The van der Waals surface area contributed by atoms with Crippen molar-refractivity contribution >= 4 is 28.2 Å². The van der Waals surface area contributed by atoms with Gasteiger partial charge in [-0.25, -0.2) is 4.79 Å². The lowest BCUT2D eigenvalue weighted by Gasteiger charge is -2.07. The van der Waals surface area contributed by atoms with Crippen LogP contribution >= 0.6 is 11.3 Å². The number of thiophene rings is 1. The number of carbonyl (C=O) groups is 2. The number of methoxy groups -OCH3 is 1. The van der Waals surface area contributed by atoms with E-state index in [0.717, 1.165) is 5.56 Å². The number of amides is 1. The summed E-state index contributed by atoms with van der Waals surface area (Å²) in [6.07, 6.45) is 0. The summed E-state index contributed by atoms with van der Waals surface area (Å²) in [7, 11) is 1.31. The first kappa shape index (κ1) is 16.9. The summed E-state index contributed by atoms with van der Waals surface area (Å²) in [5, 5.41) is 8.81. The maximum absolute atomic E-state index is 12.6. The predicted octanol–water partition coefficient (Wildman–Crippen LogP) is 4.06. The molecule has 128 valence electrons. The van der Waals surface area contributed by atoms with Gasteiger partial charge in [-0.2, -0.15) is 0 Å². The average molecular weight is 356 g/mol. The van der Waals surface area contributed by atoms with Crippen molar-refractivity contribution in [2.45, 2.75) is 13.8 Å². The van der Waals surface area contributed by atoms with E-state index in [2.05, 4.69) is 10.5 Å². The molecule has 0 aliphatic rings. The van der Waals surface area contributed by atoms with Gasteiger partial charge in [0.05, 0.1) is 12.8 Å². The minimum atomic E-state index is -0.505. The fourth-order valence-corrected chi connectivity index (χ4v) is 3.51. The molecule has 6 nitrogen and oxygen atoms in total. The predicted molar refractivity (Wildman–Crippen MR) is 95.0 cm³/mol. The number of benzene rings is 1. The van der Waals surface area contributed by atoms with Gasteiger partial charge in [-0.1, -0.05) is 35.5 Å². The van der Waals surface area contributed by atoms with E-state index in [9.17, 15) is 9.59 Å². The Morgan fingerprint density at radius 2 is 1.88 bits per heavy atom. The average Bonchev–Trinajstić information content (AvgIpc) is 3.18. The van der Waals surface area contributed by atoms with Crippen molar-refractivity contribution in [2.24, 2.45) is 0 Å². The summed E-state index contributed by atoms with van der Waals surface area (Å²) in [6.45, 7) is 3.36. The van der Waals surface area contributed by atoms with Gasteiger partial charge in [0.2, 0.25) is 0 Å². The number of hydrogen-bond acceptors (Lipinski definition) is 6. The molecular formula is C18H16N2O4S. The second kappa shape index (κ2) is 6.90. The second-order valence-electron chi connectivity index (χ2n) is 5.36. The van der Waals surface area contributed by atoms with Crippen molar-refractivity contribution in [1.82, 2.24) is 5.16 Å². The maximum Gasteiger partial charge on any atom is 0.341 e. The third-order valence-corrected chi connectivity index (χ3v) is 4.65. The van der Waals surface area contributed by atoms with E-state index in [-0.39, 0.29) is 5.91 Å². The first-order valence-corrected chi connectivity index (χ1v) is 8.40. The number of aromatic nitrogens is 1. The molecule has 0 aliphatic carbocycles. The monoisotopic (exact) mass is 356 g/mol. The van der Waals surface area contributed by atoms with Crippen molar-refractivity contribution in [2.75, 3.05) is 12.4 Å². The molecule has 1 amide bonds. The van der Waals surface area contributed by atoms with E-state index >= 15 is 0 Å². The van der Waals surface area contributed by atoms with Crippen molar-refractivity contribution in [3.63, 3.8) is 0 Å². The van der Waals surface area contributed by atoms with E-state index in [0.29, 0.717) is 33.1 Å². The molecule has 0 atom stereocenters. The highest BCUT2D eigenvalue weighted by Crippen LogP contribution is 2.36. The summed E-state index contributed by atoms with van der Waals surface area (Å²) in [4.78, 5) is 24.9. The highest BCUT2D eigenvalue weighted by atomic mass is 32.1. The van der Waals surface area contributed by atoms with Crippen LogP contribution in [0.4, 0.5) is 5.00 Å². The third kappa shape index (κ3) is 3.18. The lowest BCUT2D eigenvalue weighted by atomic mass is 10.0. The molecule has 0 spiro atoms. The number of nitrogens with one attached hydrogen (secondary N) is 1. The molecule has 0 bridgehead atoms. The number of carbonyl (C=O) groups excluding carboxylic acids is 2. The number of hydrogen-bond donors (Lipinski definition) is 1. The summed E-state index contributed by atoms with van der Waals surface area (Å²) < 4.78 is 9.93. The Kier molecular flexibility index (Phi) is 4.67. The molecule has 1 aromatic carbocycles. The minimum Gasteiger partial charge on any atom is -0.465 e. The van der Waals surface area contributed by atoms with Crippen LogP contribution in [0.1, 0.15) is 32.2 Å². The zero-order valence-electron chi connectivity index (χ0n) is 14.0. The number of aryl methyl sites for hydroxylation is 2. The van der Waals surface area contributed by atoms with Gasteiger partial charge in [0.15, 0.2) is 0 Å². The Labute approximate surface area is 148 Å². The fourth-order valence-electron chi connectivity index (χ4n) is 2.56. The molecule has 2 aromatic heterocycles. The van der Waals surface area contributed by atoms with Gasteiger partial charge in [-0.05, 0) is 19.4 Å². The van der Waals surface area contributed by atoms with Crippen LogP contribution in [0, 0.1) is 13.8 Å². The topological polar surface area (TPSA) is 81.4 Å². The minimum absolute atomic E-state index is 0.332. The Balaban J connectivity index is 2.01. The molecular weight excluding hydrogens is 340 g/mol. The third-order valence-electron chi connectivity index (χ3n) is 3.75. The standard InChI is InChI=1S/C18H16N2O4S/c1-10-14(11(2)24-20-10)16(21)19-17-15(18(22)23-3)13(9-25-17)12-7-5-4-6-8-12/h4-9H,1-3H3,(H,19,21). The van der Waals surface area contributed by atoms with Crippen molar-refractivity contribution in [1.29, 1.82) is 0 Å². The van der Waals surface area contributed by atoms with Crippen LogP contribution in [0.3, 0.4) is 0 Å². The second-order valence-corrected chi connectivity index (χ2v) is 6.24. The molecule has 0 saturated carbocycles. The molecule has 0 saturated heterocycles. The highest BCUT2D eigenvalue weighted by molar-refractivity contribution is 7.15. The van der Waals surface area contributed by atoms with Crippen LogP contribution in [0.2, 0.25) is 0 Å². The number of anilines is 1. The van der Waals surface area contributed by atoms with Crippen LogP contribution < -0.4 is 5.32 Å². The zero-order valence-corrected chi connectivity index (χ0v) is 14.8. The van der Waals surface area contributed by atoms with Crippen molar-refractivity contribution in [3.05, 3.63) is 58.3 Å². The molecule has 2 heterocycles. The Morgan fingerprint density at radius 1 is 1.16 bits per heavy atom.